The van der Waals surface area contributed by atoms with Gasteiger partial charge >= 0.3 is 0 Å². The van der Waals surface area contributed by atoms with Crippen molar-refractivity contribution in [3.8, 4) is 17.2 Å². The van der Waals surface area contributed by atoms with Crippen molar-refractivity contribution in [1.82, 2.24) is 0 Å². The van der Waals surface area contributed by atoms with E-state index in [0.29, 0.717) is 12.0 Å². The minimum Gasteiger partial charge on any atom is -0.504 e. The topological polar surface area (TPSA) is 83.8 Å². The SMILES string of the molecule is COc1ccc(C=O)c(C(=O)c2cccc(O)c2O)c1. The fourth-order valence-electron chi connectivity index (χ4n) is 1.82. The van der Waals surface area contributed by atoms with E-state index in [1.54, 1.807) is 6.07 Å². The first-order valence-electron chi connectivity index (χ1n) is 5.77. The number of rotatable bonds is 4. The van der Waals surface area contributed by atoms with E-state index in [2.05, 4.69) is 0 Å². The summed E-state index contributed by atoms with van der Waals surface area (Å²) in [6, 6.07) is 8.49. The molecule has 0 amide bonds. The van der Waals surface area contributed by atoms with Crippen LogP contribution in [0.1, 0.15) is 26.3 Å². The van der Waals surface area contributed by atoms with E-state index < -0.39 is 17.3 Å². The van der Waals surface area contributed by atoms with Crippen molar-refractivity contribution in [2.75, 3.05) is 7.11 Å². The van der Waals surface area contributed by atoms with Gasteiger partial charge in [0.2, 0.25) is 0 Å². The summed E-state index contributed by atoms with van der Waals surface area (Å²) in [5.74, 6) is -1.07. The number of carbonyl (C=O) groups is 2. The van der Waals surface area contributed by atoms with Crippen LogP contribution in [0.5, 0.6) is 17.2 Å². The van der Waals surface area contributed by atoms with Crippen LogP contribution < -0.4 is 4.74 Å². The number of ether oxygens (including phenoxy) is 1. The van der Waals surface area contributed by atoms with E-state index in [0.717, 1.165) is 0 Å². The Morgan fingerprint density at radius 2 is 1.90 bits per heavy atom. The fourth-order valence-corrected chi connectivity index (χ4v) is 1.82. The number of phenolic OH excluding ortho intramolecular Hbond substituents is 2. The number of hydrogen-bond acceptors (Lipinski definition) is 5. The van der Waals surface area contributed by atoms with E-state index in [-0.39, 0.29) is 16.7 Å². The van der Waals surface area contributed by atoms with Gasteiger partial charge in [-0.1, -0.05) is 6.07 Å². The molecule has 0 unspecified atom stereocenters. The molecule has 0 aliphatic heterocycles. The number of ketones is 1. The molecule has 0 atom stereocenters. The highest BCUT2D eigenvalue weighted by molar-refractivity contribution is 6.14. The maximum atomic E-state index is 12.4. The molecule has 0 aliphatic carbocycles. The maximum absolute atomic E-state index is 12.4. The first-order chi connectivity index (χ1) is 9.58. The minimum atomic E-state index is -0.570. The second-order valence-corrected chi connectivity index (χ2v) is 4.07. The lowest BCUT2D eigenvalue weighted by Gasteiger charge is -2.09. The van der Waals surface area contributed by atoms with Crippen LogP contribution in [0, 0.1) is 0 Å². The summed E-state index contributed by atoms with van der Waals surface area (Å²) in [5, 5.41) is 19.2. The Morgan fingerprint density at radius 3 is 2.55 bits per heavy atom. The predicted octanol–water partition coefficient (Wildman–Crippen LogP) is 2.15. The molecule has 5 heteroatoms. The summed E-state index contributed by atoms with van der Waals surface area (Å²) in [6.45, 7) is 0. The number of aromatic hydroxyl groups is 2. The highest BCUT2D eigenvalue weighted by atomic mass is 16.5. The third kappa shape index (κ3) is 2.33. The maximum Gasteiger partial charge on any atom is 0.197 e. The highest BCUT2D eigenvalue weighted by Gasteiger charge is 2.19. The number of benzene rings is 2. The Hall–Kier alpha value is -2.82. The molecule has 0 heterocycles. The first-order valence-corrected chi connectivity index (χ1v) is 5.77. The van der Waals surface area contributed by atoms with Crippen molar-refractivity contribution < 1.29 is 24.5 Å². The molecule has 0 fully saturated rings. The van der Waals surface area contributed by atoms with E-state index in [1.807, 2.05) is 0 Å². The predicted molar refractivity (Wildman–Crippen MR) is 71.6 cm³/mol. The van der Waals surface area contributed by atoms with Crippen molar-refractivity contribution in [2.24, 2.45) is 0 Å². The van der Waals surface area contributed by atoms with Gasteiger partial charge in [0.15, 0.2) is 23.6 Å². The van der Waals surface area contributed by atoms with Crippen molar-refractivity contribution in [3.05, 3.63) is 53.1 Å². The monoisotopic (exact) mass is 272 g/mol. The molecule has 102 valence electrons. The van der Waals surface area contributed by atoms with Crippen LogP contribution in [-0.2, 0) is 0 Å². The molecule has 0 saturated carbocycles. The Labute approximate surface area is 115 Å². The zero-order chi connectivity index (χ0) is 14.7. The van der Waals surface area contributed by atoms with Gasteiger partial charge < -0.3 is 14.9 Å². The number of hydrogen-bond donors (Lipinski definition) is 2. The van der Waals surface area contributed by atoms with E-state index >= 15 is 0 Å². The molecule has 2 aromatic carbocycles. The summed E-state index contributed by atoms with van der Waals surface area (Å²) >= 11 is 0. The zero-order valence-corrected chi connectivity index (χ0v) is 10.7. The Kier molecular flexibility index (Phi) is 3.70. The standard InChI is InChI=1S/C15H12O5/c1-20-10-6-5-9(8-16)12(7-10)14(18)11-3-2-4-13(17)15(11)19/h2-8,17,19H,1H3. The highest BCUT2D eigenvalue weighted by Crippen LogP contribution is 2.31. The normalized spacial score (nSPS) is 10.1. The largest absolute Gasteiger partial charge is 0.504 e. The molecule has 2 rings (SSSR count). The summed E-state index contributed by atoms with van der Waals surface area (Å²) in [6.07, 6.45) is 0.548. The zero-order valence-electron chi connectivity index (χ0n) is 10.7. The minimum absolute atomic E-state index is 0.0821. The molecule has 2 aromatic rings. The average molecular weight is 272 g/mol. The molecule has 0 aromatic heterocycles. The van der Waals surface area contributed by atoms with E-state index in [4.69, 9.17) is 4.74 Å². The molecular formula is C15H12O5. The quantitative estimate of drug-likeness (QED) is 0.506. The second kappa shape index (κ2) is 5.44. The van der Waals surface area contributed by atoms with Crippen molar-refractivity contribution in [3.63, 3.8) is 0 Å². The number of carbonyl (C=O) groups excluding carboxylic acids is 2. The molecular weight excluding hydrogens is 260 g/mol. The van der Waals surface area contributed by atoms with Crippen molar-refractivity contribution in [1.29, 1.82) is 0 Å². The van der Waals surface area contributed by atoms with Crippen LogP contribution in [0.15, 0.2) is 36.4 Å². The van der Waals surface area contributed by atoms with Gasteiger partial charge in [-0.2, -0.15) is 0 Å². The lowest BCUT2D eigenvalue weighted by atomic mass is 9.97. The van der Waals surface area contributed by atoms with Gasteiger partial charge in [-0.3, -0.25) is 9.59 Å². The lowest BCUT2D eigenvalue weighted by molar-refractivity contribution is 0.102. The smallest absolute Gasteiger partial charge is 0.197 e. The van der Waals surface area contributed by atoms with Crippen LogP contribution >= 0.6 is 0 Å². The molecule has 5 nitrogen and oxygen atoms in total. The first kappa shape index (κ1) is 13.6. The summed E-state index contributed by atoms with van der Waals surface area (Å²) in [7, 11) is 1.44. The summed E-state index contributed by atoms with van der Waals surface area (Å²) in [5.41, 5.74) is 0.195. The number of methoxy groups -OCH3 is 1. The van der Waals surface area contributed by atoms with Crippen molar-refractivity contribution in [2.45, 2.75) is 0 Å². The Morgan fingerprint density at radius 1 is 1.15 bits per heavy atom. The third-order valence-corrected chi connectivity index (χ3v) is 2.89. The lowest BCUT2D eigenvalue weighted by Crippen LogP contribution is -2.06. The van der Waals surface area contributed by atoms with Gasteiger partial charge in [-0.15, -0.1) is 0 Å². The molecule has 20 heavy (non-hydrogen) atoms. The van der Waals surface area contributed by atoms with Crippen molar-refractivity contribution >= 4 is 12.1 Å². The van der Waals surface area contributed by atoms with Crippen LogP contribution in [0.2, 0.25) is 0 Å². The molecule has 0 saturated heterocycles. The summed E-state index contributed by atoms with van der Waals surface area (Å²) < 4.78 is 5.01. The summed E-state index contributed by atoms with van der Waals surface area (Å²) in [4.78, 5) is 23.4. The van der Waals surface area contributed by atoms with Gasteiger partial charge in [-0.05, 0) is 30.3 Å². The second-order valence-electron chi connectivity index (χ2n) is 4.07. The van der Waals surface area contributed by atoms with Crippen LogP contribution in [0.25, 0.3) is 0 Å². The molecule has 0 bridgehead atoms. The van der Waals surface area contributed by atoms with Crippen LogP contribution in [0.3, 0.4) is 0 Å². The third-order valence-electron chi connectivity index (χ3n) is 2.89. The molecule has 2 N–H and O–H groups in total. The van der Waals surface area contributed by atoms with Gasteiger partial charge in [0, 0.05) is 11.1 Å². The number of aldehydes is 1. The van der Waals surface area contributed by atoms with E-state index in [9.17, 15) is 19.8 Å². The number of phenols is 2. The molecule has 0 spiro atoms. The van der Waals surface area contributed by atoms with E-state index in [1.165, 1.54) is 37.4 Å². The van der Waals surface area contributed by atoms with Crippen LogP contribution in [0.4, 0.5) is 0 Å². The number of para-hydroxylation sites is 1. The van der Waals surface area contributed by atoms with Gasteiger partial charge in [0.1, 0.15) is 5.75 Å². The van der Waals surface area contributed by atoms with Gasteiger partial charge in [0.25, 0.3) is 0 Å². The Bertz CT molecular complexity index is 676. The fraction of sp³-hybridized carbons (Fsp3) is 0.0667. The van der Waals surface area contributed by atoms with Gasteiger partial charge in [-0.25, -0.2) is 0 Å². The molecule has 0 radical (unpaired) electrons. The Balaban J connectivity index is 2.58. The average Bonchev–Trinajstić information content (AvgIpc) is 2.48. The van der Waals surface area contributed by atoms with Gasteiger partial charge in [0.05, 0.1) is 12.7 Å². The molecule has 0 aliphatic rings. The van der Waals surface area contributed by atoms with Crippen LogP contribution in [-0.4, -0.2) is 29.4 Å².